The molecule has 76 valence electrons. The van der Waals surface area contributed by atoms with E-state index in [1.165, 1.54) is 12.8 Å². The monoisotopic (exact) mass is 192 g/mol. The number of hydrogen-bond donors (Lipinski definition) is 1. The van der Waals surface area contributed by atoms with E-state index in [4.69, 9.17) is 0 Å². The second-order valence-electron chi connectivity index (χ2n) is 3.32. The lowest BCUT2D eigenvalue weighted by molar-refractivity contribution is -0.109. The molecular weight excluding hydrogens is 176 g/mol. The molecule has 1 aliphatic rings. The summed E-state index contributed by atoms with van der Waals surface area (Å²) < 4.78 is 0. The molecule has 3 heteroatoms. The fourth-order valence-electron chi connectivity index (χ4n) is 1.48. The largest absolute Gasteiger partial charge is 0.355 e. The molecule has 0 saturated heterocycles. The van der Waals surface area contributed by atoms with Crippen molar-refractivity contribution in [2.75, 3.05) is 0 Å². The minimum absolute atomic E-state index is 0. The molecule has 0 aliphatic heterocycles. The van der Waals surface area contributed by atoms with Gasteiger partial charge in [-0.1, -0.05) is 13.5 Å². The predicted molar refractivity (Wildman–Crippen MR) is 55.8 cm³/mol. The third kappa shape index (κ3) is 2.31. The van der Waals surface area contributed by atoms with E-state index in [0.29, 0.717) is 12.5 Å². The SMILES string of the molecule is C.O=CNCc1cccnc1C1CC1. The molecule has 1 N–H and O–H groups in total. The molecule has 1 fully saturated rings. The Balaban J connectivity index is 0.000000980. The van der Waals surface area contributed by atoms with Crippen LogP contribution in [0.3, 0.4) is 0 Å². The Morgan fingerprint density at radius 3 is 3.00 bits per heavy atom. The molecule has 3 nitrogen and oxygen atoms in total. The van der Waals surface area contributed by atoms with Crippen LogP contribution < -0.4 is 5.32 Å². The first-order valence-electron chi connectivity index (χ1n) is 4.52. The van der Waals surface area contributed by atoms with E-state index in [2.05, 4.69) is 10.3 Å². The van der Waals surface area contributed by atoms with Crippen molar-refractivity contribution in [1.29, 1.82) is 0 Å². The van der Waals surface area contributed by atoms with Gasteiger partial charge in [-0.3, -0.25) is 9.78 Å². The van der Waals surface area contributed by atoms with Crippen LogP contribution in [-0.4, -0.2) is 11.4 Å². The number of amides is 1. The second kappa shape index (κ2) is 4.74. The lowest BCUT2D eigenvalue weighted by Gasteiger charge is -2.05. The smallest absolute Gasteiger partial charge is 0.207 e. The van der Waals surface area contributed by atoms with Gasteiger partial charge in [-0.25, -0.2) is 0 Å². The van der Waals surface area contributed by atoms with Crippen molar-refractivity contribution < 1.29 is 4.79 Å². The Hall–Kier alpha value is -1.38. The zero-order valence-electron chi connectivity index (χ0n) is 7.36. The van der Waals surface area contributed by atoms with E-state index in [0.717, 1.165) is 17.7 Å². The average molecular weight is 192 g/mol. The van der Waals surface area contributed by atoms with Crippen LogP contribution in [-0.2, 0) is 11.3 Å². The third-order valence-electron chi connectivity index (χ3n) is 2.27. The maximum Gasteiger partial charge on any atom is 0.207 e. The molecule has 0 atom stereocenters. The number of carbonyl (C=O) groups is 1. The highest BCUT2D eigenvalue weighted by atomic mass is 16.1. The van der Waals surface area contributed by atoms with Crippen molar-refractivity contribution in [3.63, 3.8) is 0 Å². The Morgan fingerprint density at radius 2 is 2.36 bits per heavy atom. The first-order chi connectivity index (χ1) is 6.42. The van der Waals surface area contributed by atoms with Gasteiger partial charge in [0.05, 0.1) is 0 Å². The third-order valence-corrected chi connectivity index (χ3v) is 2.27. The van der Waals surface area contributed by atoms with Crippen LogP contribution in [0.5, 0.6) is 0 Å². The van der Waals surface area contributed by atoms with Gasteiger partial charge in [0.15, 0.2) is 0 Å². The van der Waals surface area contributed by atoms with Gasteiger partial charge in [-0.05, 0) is 24.5 Å². The summed E-state index contributed by atoms with van der Waals surface area (Å²) in [6.45, 7) is 0.600. The number of aromatic nitrogens is 1. The van der Waals surface area contributed by atoms with Crippen molar-refractivity contribution in [3.05, 3.63) is 29.6 Å². The summed E-state index contributed by atoms with van der Waals surface area (Å²) in [4.78, 5) is 14.5. The van der Waals surface area contributed by atoms with Crippen molar-refractivity contribution in [2.24, 2.45) is 0 Å². The van der Waals surface area contributed by atoms with Crippen molar-refractivity contribution in [1.82, 2.24) is 10.3 Å². The van der Waals surface area contributed by atoms with E-state index in [-0.39, 0.29) is 7.43 Å². The number of rotatable bonds is 4. The lowest BCUT2D eigenvalue weighted by Crippen LogP contribution is -2.11. The highest BCUT2D eigenvalue weighted by Crippen LogP contribution is 2.40. The van der Waals surface area contributed by atoms with Crippen LogP contribution in [0.15, 0.2) is 18.3 Å². The number of pyridine rings is 1. The number of hydrogen-bond acceptors (Lipinski definition) is 2. The molecular formula is C11H16N2O. The fourth-order valence-corrected chi connectivity index (χ4v) is 1.48. The van der Waals surface area contributed by atoms with E-state index >= 15 is 0 Å². The highest BCUT2D eigenvalue weighted by Gasteiger charge is 2.26. The molecule has 1 saturated carbocycles. The molecule has 0 aromatic carbocycles. The fraction of sp³-hybridized carbons (Fsp3) is 0.455. The van der Waals surface area contributed by atoms with Gasteiger partial charge < -0.3 is 5.32 Å². The average Bonchev–Trinajstić information content (AvgIpc) is 2.98. The summed E-state index contributed by atoms with van der Waals surface area (Å²) in [6.07, 6.45) is 5.03. The van der Waals surface area contributed by atoms with Gasteiger partial charge in [0.25, 0.3) is 0 Å². The van der Waals surface area contributed by atoms with E-state index in [9.17, 15) is 4.79 Å². The molecule has 0 spiro atoms. The van der Waals surface area contributed by atoms with Crippen LogP contribution in [0.25, 0.3) is 0 Å². The van der Waals surface area contributed by atoms with Crippen LogP contribution in [0.2, 0.25) is 0 Å². The first-order valence-corrected chi connectivity index (χ1v) is 4.52. The summed E-state index contributed by atoms with van der Waals surface area (Å²) in [5.74, 6) is 0.643. The minimum Gasteiger partial charge on any atom is -0.355 e. The highest BCUT2D eigenvalue weighted by molar-refractivity contribution is 5.46. The van der Waals surface area contributed by atoms with Gasteiger partial charge in [-0.15, -0.1) is 0 Å². The van der Waals surface area contributed by atoms with Crippen LogP contribution in [0, 0.1) is 0 Å². The Bertz CT molecular complexity index is 308. The molecule has 1 aliphatic carbocycles. The molecule has 1 amide bonds. The van der Waals surface area contributed by atoms with Gasteiger partial charge in [-0.2, -0.15) is 0 Å². The molecule has 0 unspecified atom stereocenters. The van der Waals surface area contributed by atoms with Gasteiger partial charge in [0.2, 0.25) is 6.41 Å². The normalized spacial score (nSPS) is 14.3. The van der Waals surface area contributed by atoms with E-state index < -0.39 is 0 Å². The van der Waals surface area contributed by atoms with Gasteiger partial charge in [0, 0.05) is 24.4 Å². The molecule has 0 bridgehead atoms. The maximum atomic E-state index is 10.1. The Kier molecular flexibility index (Phi) is 3.63. The maximum absolute atomic E-state index is 10.1. The van der Waals surface area contributed by atoms with Crippen molar-refractivity contribution in [3.8, 4) is 0 Å². The number of carbonyl (C=O) groups excluding carboxylic acids is 1. The van der Waals surface area contributed by atoms with Gasteiger partial charge in [0.1, 0.15) is 0 Å². The summed E-state index contributed by atoms with van der Waals surface area (Å²) in [5, 5.41) is 2.67. The quantitative estimate of drug-likeness (QED) is 0.740. The number of nitrogens with zero attached hydrogens (tertiary/aromatic N) is 1. The standard InChI is InChI=1S/C10H12N2O.CH4/c13-7-11-6-9-2-1-5-12-10(9)8-3-4-8;/h1-2,5,7-8H,3-4,6H2,(H,11,13);1H4. The molecule has 1 aromatic rings. The zero-order valence-corrected chi connectivity index (χ0v) is 7.36. The minimum atomic E-state index is 0. The number of nitrogens with one attached hydrogen (secondary N) is 1. The predicted octanol–water partition coefficient (Wildman–Crippen LogP) is 1.84. The van der Waals surface area contributed by atoms with Crippen LogP contribution >= 0.6 is 0 Å². The molecule has 14 heavy (non-hydrogen) atoms. The summed E-state index contributed by atoms with van der Waals surface area (Å²) in [6, 6.07) is 3.94. The zero-order chi connectivity index (χ0) is 9.10. The Morgan fingerprint density at radius 1 is 1.57 bits per heavy atom. The lowest BCUT2D eigenvalue weighted by atomic mass is 10.1. The van der Waals surface area contributed by atoms with E-state index in [1.54, 1.807) is 0 Å². The second-order valence-corrected chi connectivity index (χ2v) is 3.32. The molecule has 2 rings (SSSR count). The summed E-state index contributed by atoms with van der Waals surface area (Å²) in [7, 11) is 0. The Labute approximate surface area is 84.6 Å². The molecule has 1 aromatic heterocycles. The molecule has 0 radical (unpaired) electrons. The van der Waals surface area contributed by atoms with Crippen molar-refractivity contribution >= 4 is 6.41 Å². The van der Waals surface area contributed by atoms with E-state index in [1.807, 2.05) is 18.3 Å². The van der Waals surface area contributed by atoms with Crippen molar-refractivity contribution in [2.45, 2.75) is 32.7 Å². The summed E-state index contributed by atoms with van der Waals surface area (Å²) >= 11 is 0. The van der Waals surface area contributed by atoms with Gasteiger partial charge >= 0.3 is 0 Å². The molecule has 1 heterocycles. The van der Waals surface area contributed by atoms with Crippen LogP contribution in [0.1, 0.15) is 37.4 Å². The topological polar surface area (TPSA) is 42.0 Å². The first kappa shape index (κ1) is 10.7. The van der Waals surface area contributed by atoms with Crippen LogP contribution in [0.4, 0.5) is 0 Å². The summed E-state index contributed by atoms with van der Waals surface area (Å²) in [5.41, 5.74) is 2.31.